The Hall–Kier alpha value is -1.81. The number of aromatic nitrogens is 1. The molecule has 1 aromatic carbocycles. The molecule has 0 saturated heterocycles. The molecule has 1 fully saturated rings. The molecule has 3 atom stereocenters. The molecule has 1 aromatic heterocycles. The summed E-state index contributed by atoms with van der Waals surface area (Å²) in [6, 6.07) is 2.71. The molecule has 1 aliphatic carbocycles. The summed E-state index contributed by atoms with van der Waals surface area (Å²) in [5.74, 6) is -0.0423. The average Bonchev–Trinajstić information content (AvgIpc) is 3.21. The number of nitrogens with zero attached hydrogens (tertiary/aromatic N) is 1. The lowest BCUT2D eigenvalue weighted by atomic mass is 10.0. The molecule has 6 nitrogen and oxygen atoms in total. The molecule has 0 spiro atoms. The molecule has 1 N–H and O–H groups in total. The van der Waals surface area contributed by atoms with E-state index in [-0.39, 0.29) is 11.0 Å². The monoisotopic (exact) mass is 421 g/mol. The van der Waals surface area contributed by atoms with E-state index in [1.165, 1.54) is 19.1 Å². The summed E-state index contributed by atoms with van der Waals surface area (Å²) >= 11 is 0. The molecule has 156 valence electrons. The van der Waals surface area contributed by atoms with Gasteiger partial charge in [-0.05, 0) is 44.7 Å². The highest BCUT2D eigenvalue weighted by Crippen LogP contribution is 2.40. The zero-order valence-electron chi connectivity index (χ0n) is 15.5. The van der Waals surface area contributed by atoms with E-state index < -0.39 is 39.3 Å². The fourth-order valence-electron chi connectivity index (χ4n) is 3.86. The molecule has 1 saturated carbocycles. The molecule has 0 amide bonds. The Morgan fingerprint density at radius 1 is 1.36 bits per heavy atom. The van der Waals surface area contributed by atoms with Crippen molar-refractivity contribution in [3.05, 3.63) is 23.4 Å². The van der Waals surface area contributed by atoms with Crippen LogP contribution in [0.3, 0.4) is 0 Å². The summed E-state index contributed by atoms with van der Waals surface area (Å²) in [6.45, 7) is 3.31. The molecule has 28 heavy (non-hydrogen) atoms. The maximum Gasteiger partial charge on any atom is 0.437 e. The van der Waals surface area contributed by atoms with Gasteiger partial charge in [0.25, 0.3) is 10.1 Å². The molecule has 10 heteroatoms. The minimum Gasteiger partial charge on any atom is -0.490 e. The topological polar surface area (TPSA) is 89.6 Å². The zero-order valence-corrected chi connectivity index (χ0v) is 16.3. The van der Waals surface area contributed by atoms with Crippen LogP contribution in [0.2, 0.25) is 0 Å². The van der Waals surface area contributed by atoms with Crippen molar-refractivity contribution in [2.75, 3.05) is 0 Å². The lowest BCUT2D eigenvalue weighted by Gasteiger charge is -2.25. The normalized spacial score (nSPS) is 21.9. The van der Waals surface area contributed by atoms with Crippen LogP contribution >= 0.6 is 0 Å². The van der Waals surface area contributed by atoms with E-state index in [1.807, 2.05) is 6.92 Å². The fourth-order valence-corrected chi connectivity index (χ4v) is 4.62. The zero-order chi connectivity index (χ0) is 20.7. The summed E-state index contributed by atoms with van der Waals surface area (Å²) in [5, 5.41) is 2.08. The fraction of sp³-hybridized carbons (Fsp3) is 0.611. The van der Waals surface area contributed by atoms with E-state index in [4.69, 9.17) is 9.26 Å². The highest BCUT2D eigenvalue weighted by Gasteiger charge is 2.40. The molecule has 0 bridgehead atoms. The first-order valence-electron chi connectivity index (χ1n) is 9.15. The number of hydrogen-bond acceptors (Lipinski definition) is 5. The summed E-state index contributed by atoms with van der Waals surface area (Å²) in [6.07, 6.45) is -2.11. The second kappa shape index (κ2) is 7.55. The van der Waals surface area contributed by atoms with Gasteiger partial charge in [-0.1, -0.05) is 18.5 Å². The van der Waals surface area contributed by atoms with Crippen molar-refractivity contribution < 1.29 is 35.4 Å². The largest absolute Gasteiger partial charge is 0.490 e. The van der Waals surface area contributed by atoms with Gasteiger partial charge in [0, 0.05) is 11.5 Å². The highest BCUT2D eigenvalue weighted by atomic mass is 32.2. The molecule has 0 aliphatic heterocycles. The predicted octanol–water partition coefficient (Wildman–Crippen LogP) is 4.62. The van der Waals surface area contributed by atoms with E-state index in [2.05, 4.69) is 5.16 Å². The van der Waals surface area contributed by atoms with Crippen molar-refractivity contribution in [3.63, 3.8) is 0 Å². The number of aryl methyl sites for hydroxylation is 1. The third-order valence-corrected chi connectivity index (χ3v) is 6.61. The Balaban J connectivity index is 1.98. The molecule has 3 rings (SSSR count). The third-order valence-electron chi connectivity index (χ3n) is 5.32. The number of hydrogen-bond donors (Lipinski definition) is 1. The molecule has 1 aliphatic rings. The first-order chi connectivity index (χ1) is 13.0. The highest BCUT2D eigenvalue weighted by molar-refractivity contribution is 7.86. The Bertz CT molecular complexity index is 954. The van der Waals surface area contributed by atoms with Gasteiger partial charge in [0.1, 0.15) is 11.9 Å². The van der Waals surface area contributed by atoms with Crippen LogP contribution in [0.15, 0.2) is 16.7 Å². The average molecular weight is 421 g/mol. The molecule has 1 unspecified atom stereocenters. The Morgan fingerprint density at radius 2 is 2.07 bits per heavy atom. The van der Waals surface area contributed by atoms with Crippen LogP contribution in [-0.4, -0.2) is 29.5 Å². The van der Waals surface area contributed by atoms with E-state index in [0.717, 1.165) is 6.42 Å². The van der Waals surface area contributed by atoms with Gasteiger partial charge in [0.05, 0.1) is 10.6 Å². The lowest BCUT2D eigenvalue weighted by molar-refractivity contribution is -0.141. The van der Waals surface area contributed by atoms with E-state index in [1.54, 1.807) is 0 Å². The maximum absolute atomic E-state index is 13.1. The van der Waals surface area contributed by atoms with Crippen LogP contribution in [-0.2, 0) is 22.7 Å². The van der Waals surface area contributed by atoms with Gasteiger partial charge in [-0.3, -0.25) is 4.55 Å². The van der Waals surface area contributed by atoms with Gasteiger partial charge in [-0.15, -0.1) is 0 Å². The van der Waals surface area contributed by atoms with E-state index in [9.17, 15) is 26.1 Å². The molecular weight excluding hydrogens is 399 g/mol. The molecule has 2 aromatic rings. The molecule has 1 heterocycles. The van der Waals surface area contributed by atoms with E-state index in [0.29, 0.717) is 37.0 Å². The van der Waals surface area contributed by atoms with Gasteiger partial charge in [0.2, 0.25) is 0 Å². The number of halogens is 3. The Labute approximate surface area is 160 Å². The summed E-state index contributed by atoms with van der Waals surface area (Å²) < 4.78 is 82.8. The first-order valence-corrected chi connectivity index (χ1v) is 10.7. The van der Waals surface area contributed by atoms with Crippen molar-refractivity contribution in [3.8, 4) is 5.75 Å². The minimum absolute atomic E-state index is 0.0315. The SMILES string of the molecule is CCCc1c(O[C@@H]2CCC[C@H]2C(C)S(=O)(=O)O)ccc2c(C(F)(F)F)noc12. The lowest BCUT2D eigenvalue weighted by Crippen LogP contribution is -2.34. The van der Waals surface area contributed by atoms with Crippen LogP contribution in [0.4, 0.5) is 13.2 Å². The smallest absolute Gasteiger partial charge is 0.437 e. The van der Waals surface area contributed by atoms with Gasteiger partial charge in [-0.25, -0.2) is 0 Å². The standard InChI is InChI=1S/C18H22F3NO5S/c1-3-5-12-15(9-8-13-16(12)27-22-17(13)18(19,20)21)26-14-7-4-6-11(14)10(2)28(23,24)25/h8-11,14H,3-7H2,1-2H3,(H,23,24,25)/t10?,11-,14+/m0/s1. The Morgan fingerprint density at radius 3 is 2.68 bits per heavy atom. The summed E-state index contributed by atoms with van der Waals surface area (Å²) in [5.41, 5.74) is -0.567. The predicted molar refractivity (Wildman–Crippen MR) is 95.8 cm³/mol. The quantitative estimate of drug-likeness (QED) is 0.685. The van der Waals surface area contributed by atoms with Crippen molar-refractivity contribution in [2.45, 2.75) is 63.5 Å². The number of alkyl halides is 3. The van der Waals surface area contributed by atoms with Crippen molar-refractivity contribution in [2.24, 2.45) is 5.92 Å². The van der Waals surface area contributed by atoms with Gasteiger partial charge in [0.15, 0.2) is 11.3 Å². The second-order valence-electron chi connectivity index (χ2n) is 7.17. The van der Waals surface area contributed by atoms with Gasteiger partial charge >= 0.3 is 6.18 Å². The van der Waals surface area contributed by atoms with Crippen LogP contribution in [0.25, 0.3) is 11.0 Å². The van der Waals surface area contributed by atoms with Crippen molar-refractivity contribution >= 4 is 21.1 Å². The third kappa shape index (κ3) is 3.98. The van der Waals surface area contributed by atoms with Crippen molar-refractivity contribution in [1.82, 2.24) is 5.16 Å². The number of rotatable bonds is 6. The molecule has 0 radical (unpaired) electrons. The first kappa shape index (κ1) is 20.9. The number of benzene rings is 1. The van der Waals surface area contributed by atoms with Crippen LogP contribution in [0.1, 0.15) is 50.8 Å². The van der Waals surface area contributed by atoms with E-state index >= 15 is 0 Å². The number of fused-ring (bicyclic) bond motifs is 1. The molecular formula is C18H22F3NO5S. The van der Waals surface area contributed by atoms with Crippen LogP contribution in [0, 0.1) is 5.92 Å². The van der Waals surface area contributed by atoms with Crippen LogP contribution < -0.4 is 4.74 Å². The number of ether oxygens (including phenoxy) is 1. The maximum atomic E-state index is 13.1. The van der Waals surface area contributed by atoms with Crippen molar-refractivity contribution in [1.29, 1.82) is 0 Å². The Kier molecular flexibility index (Phi) is 5.64. The second-order valence-corrected chi connectivity index (χ2v) is 8.94. The summed E-state index contributed by atoms with van der Waals surface area (Å²) in [7, 11) is -4.21. The van der Waals surface area contributed by atoms with Crippen LogP contribution in [0.5, 0.6) is 5.75 Å². The van der Waals surface area contributed by atoms with Gasteiger partial charge < -0.3 is 9.26 Å². The van der Waals surface area contributed by atoms with Gasteiger partial charge in [-0.2, -0.15) is 21.6 Å². The summed E-state index contributed by atoms with van der Waals surface area (Å²) in [4.78, 5) is 0. The minimum atomic E-state index is -4.63.